The second kappa shape index (κ2) is 4.46. The first-order valence-electron chi connectivity index (χ1n) is 5.59. The molecule has 2 heterocycles. The van der Waals surface area contributed by atoms with Crippen LogP contribution in [0, 0.1) is 0 Å². The highest BCUT2D eigenvalue weighted by molar-refractivity contribution is 7.92. The van der Waals surface area contributed by atoms with E-state index in [1.165, 1.54) is 36.8 Å². The molecule has 0 unspecified atom stereocenters. The molecule has 0 atom stereocenters. The molecule has 8 nitrogen and oxygen atoms in total. The fourth-order valence-corrected chi connectivity index (χ4v) is 2.68. The number of nitrogen functional groups attached to an aromatic ring is 1. The van der Waals surface area contributed by atoms with E-state index in [1.54, 1.807) is 0 Å². The number of sulfonamides is 1. The van der Waals surface area contributed by atoms with Crippen molar-refractivity contribution in [2.45, 2.75) is 4.90 Å². The summed E-state index contributed by atoms with van der Waals surface area (Å²) in [6.45, 7) is 0. The molecule has 9 heteroatoms. The molecule has 0 spiro atoms. The summed E-state index contributed by atoms with van der Waals surface area (Å²) in [4.78, 5) is 7.89. The van der Waals surface area contributed by atoms with Crippen molar-refractivity contribution >= 4 is 32.6 Å². The first-order valence-corrected chi connectivity index (χ1v) is 7.07. The highest BCUT2D eigenvalue weighted by Gasteiger charge is 2.17. The summed E-state index contributed by atoms with van der Waals surface area (Å²) in [6.07, 6.45) is 2.83. The minimum Gasteiger partial charge on any atom is -0.399 e. The van der Waals surface area contributed by atoms with Crippen molar-refractivity contribution in [3.8, 4) is 0 Å². The van der Waals surface area contributed by atoms with Gasteiger partial charge in [0.05, 0.1) is 11.1 Å². The highest BCUT2D eigenvalue weighted by atomic mass is 32.2. The van der Waals surface area contributed by atoms with Gasteiger partial charge in [-0.3, -0.25) is 9.82 Å². The molecular formula is C11H10N6O2S. The van der Waals surface area contributed by atoms with Crippen LogP contribution >= 0.6 is 0 Å². The first kappa shape index (κ1) is 12.4. The number of aromatic nitrogens is 4. The van der Waals surface area contributed by atoms with E-state index in [1.807, 2.05) is 0 Å². The number of aromatic amines is 1. The number of nitrogens with zero attached hydrogens (tertiary/aromatic N) is 3. The third-order valence-corrected chi connectivity index (χ3v) is 4.00. The minimum atomic E-state index is -3.74. The zero-order chi connectivity index (χ0) is 14.2. The fourth-order valence-electron chi connectivity index (χ4n) is 1.67. The van der Waals surface area contributed by atoms with Crippen molar-refractivity contribution < 1.29 is 8.42 Å². The van der Waals surface area contributed by atoms with Crippen LogP contribution in [0.1, 0.15) is 0 Å². The number of anilines is 2. The van der Waals surface area contributed by atoms with Gasteiger partial charge in [-0.15, -0.1) is 0 Å². The van der Waals surface area contributed by atoms with Crippen LogP contribution in [-0.2, 0) is 10.0 Å². The summed E-state index contributed by atoms with van der Waals surface area (Å²) in [5.41, 5.74) is 6.96. The first-order chi connectivity index (χ1) is 9.56. The summed E-state index contributed by atoms with van der Waals surface area (Å²) in [5, 5.41) is 6.53. The van der Waals surface area contributed by atoms with Crippen molar-refractivity contribution in [1.82, 2.24) is 20.2 Å². The van der Waals surface area contributed by atoms with Crippen molar-refractivity contribution in [3.05, 3.63) is 36.8 Å². The number of nitrogens with one attached hydrogen (secondary N) is 2. The van der Waals surface area contributed by atoms with Crippen molar-refractivity contribution in [2.75, 3.05) is 10.5 Å². The van der Waals surface area contributed by atoms with Crippen molar-refractivity contribution in [3.63, 3.8) is 0 Å². The van der Waals surface area contributed by atoms with Gasteiger partial charge in [-0.25, -0.2) is 18.4 Å². The Bertz CT molecular complexity index is 856. The maximum atomic E-state index is 12.2. The van der Waals surface area contributed by atoms with E-state index in [4.69, 9.17) is 5.73 Å². The van der Waals surface area contributed by atoms with Crippen molar-refractivity contribution in [1.29, 1.82) is 0 Å². The third-order valence-electron chi connectivity index (χ3n) is 2.65. The second-order valence-electron chi connectivity index (χ2n) is 4.03. The van der Waals surface area contributed by atoms with Gasteiger partial charge in [0.25, 0.3) is 10.0 Å². The van der Waals surface area contributed by atoms with E-state index < -0.39 is 10.0 Å². The van der Waals surface area contributed by atoms with E-state index >= 15 is 0 Å². The van der Waals surface area contributed by atoms with Gasteiger partial charge in [0.2, 0.25) is 0 Å². The molecule has 0 aliphatic heterocycles. The monoisotopic (exact) mass is 290 g/mol. The summed E-state index contributed by atoms with van der Waals surface area (Å²) in [6, 6.07) is 5.86. The van der Waals surface area contributed by atoms with Gasteiger partial charge < -0.3 is 5.73 Å². The van der Waals surface area contributed by atoms with Gasteiger partial charge in [0, 0.05) is 5.69 Å². The molecule has 0 fully saturated rings. The lowest BCUT2D eigenvalue weighted by molar-refractivity contribution is 0.601. The summed E-state index contributed by atoms with van der Waals surface area (Å²) >= 11 is 0. The molecule has 0 amide bonds. The average Bonchev–Trinajstić information content (AvgIpc) is 2.82. The molecule has 20 heavy (non-hydrogen) atoms. The lowest BCUT2D eigenvalue weighted by Gasteiger charge is -2.05. The minimum absolute atomic E-state index is 0.0944. The Morgan fingerprint density at radius 2 is 1.95 bits per heavy atom. The molecule has 3 aromatic rings. The van der Waals surface area contributed by atoms with Crippen molar-refractivity contribution in [2.24, 2.45) is 0 Å². The van der Waals surface area contributed by atoms with E-state index in [-0.39, 0.29) is 10.7 Å². The van der Waals surface area contributed by atoms with Crippen LogP contribution in [0.25, 0.3) is 11.0 Å². The Hall–Kier alpha value is -2.68. The SMILES string of the molecule is Nc1ccc(S(=O)(=O)Nc2n[nH]c3cncnc23)cc1. The topological polar surface area (TPSA) is 127 Å². The number of fused-ring (bicyclic) bond motifs is 1. The summed E-state index contributed by atoms with van der Waals surface area (Å²) < 4.78 is 26.8. The molecule has 3 rings (SSSR count). The molecule has 0 bridgehead atoms. The van der Waals surface area contributed by atoms with Gasteiger partial charge in [-0.2, -0.15) is 5.10 Å². The normalized spacial score (nSPS) is 11.6. The van der Waals surface area contributed by atoms with Crippen LogP contribution in [0.15, 0.2) is 41.7 Å². The maximum absolute atomic E-state index is 12.2. The predicted octanol–water partition coefficient (Wildman–Crippen LogP) is 0.736. The fraction of sp³-hybridized carbons (Fsp3) is 0. The van der Waals surface area contributed by atoms with Crippen LogP contribution < -0.4 is 10.5 Å². The quantitative estimate of drug-likeness (QED) is 0.610. The number of nitrogens with two attached hydrogens (primary N) is 1. The lowest BCUT2D eigenvalue weighted by Crippen LogP contribution is -2.13. The Kier molecular flexibility index (Phi) is 2.75. The Morgan fingerprint density at radius 3 is 2.70 bits per heavy atom. The zero-order valence-corrected chi connectivity index (χ0v) is 10.9. The number of H-pyrrole nitrogens is 1. The molecule has 0 aliphatic carbocycles. The molecule has 0 radical (unpaired) electrons. The Morgan fingerprint density at radius 1 is 1.20 bits per heavy atom. The molecule has 102 valence electrons. The van der Waals surface area contributed by atoms with Gasteiger partial charge in [0.1, 0.15) is 17.4 Å². The molecule has 0 saturated heterocycles. The largest absolute Gasteiger partial charge is 0.399 e. The molecule has 1 aromatic carbocycles. The highest BCUT2D eigenvalue weighted by Crippen LogP contribution is 2.20. The van der Waals surface area contributed by atoms with E-state index in [0.29, 0.717) is 16.7 Å². The maximum Gasteiger partial charge on any atom is 0.263 e. The predicted molar refractivity (Wildman–Crippen MR) is 73.3 cm³/mol. The molecular weight excluding hydrogens is 280 g/mol. The van der Waals surface area contributed by atoms with Gasteiger partial charge in [-0.1, -0.05) is 0 Å². The summed E-state index contributed by atoms with van der Waals surface area (Å²) in [5.74, 6) is 0.124. The van der Waals surface area contributed by atoms with E-state index in [0.717, 1.165) is 0 Å². The van der Waals surface area contributed by atoms with Crippen LogP contribution in [0.2, 0.25) is 0 Å². The zero-order valence-electron chi connectivity index (χ0n) is 10.1. The van der Waals surface area contributed by atoms with Gasteiger partial charge in [0.15, 0.2) is 5.82 Å². The number of hydrogen-bond donors (Lipinski definition) is 3. The smallest absolute Gasteiger partial charge is 0.263 e. The third kappa shape index (κ3) is 2.14. The van der Waals surface area contributed by atoms with E-state index in [9.17, 15) is 8.42 Å². The standard InChI is InChI=1S/C11H10N6O2S/c12-7-1-3-8(4-2-7)20(18,19)17-11-10-9(15-16-11)5-13-6-14-10/h1-6H,12H2,(H2,15,16,17). The molecule has 0 saturated carbocycles. The van der Waals surface area contributed by atoms with E-state index in [2.05, 4.69) is 24.9 Å². The van der Waals surface area contributed by atoms with Crippen LogP contribution in [0.4, 0.5) is 11.5 Å². The number of hydrogen-bond acceptors (Lipinski definition) is 6. The van der Waals surface area contributed by atoms with Gasteiger partial charge in [-0.05, 0) is 24.3 Å². The van der Waals surface area contributed by atoms with Crippen LogP contribution in [-0.4, -0.2) is 28.6 Å². The number of rotatable bonds is 3. The van der Waals surface area contributed by atoms with Crippen LogP contribution in [0.5, 0.6) is 0 Å². The summed E-state index contributed by atoms with van der Waals surface area (Å²) in [7, 11) is -3.74. The number of benzene rings is 1. The molecule has 0 aliphatic rings. The second-order valence-corrected chi connectivity index (χ2v) is 5.71. The van der Waals surface area contributed by atoms with Crippen LogP contribution in [0.3, 0.4) is 0 Å². The molecule has 4 N–H and O–H groups in total. The van der Waals surface area contributed by atoms with Gasteiger partial charge >= 0.3 is 0 Å². The average molecular weight is 290 g/mol. The Balaban J connectivity index is 1.99. The Labute approximate surface area is 114 Å². The lowest BCUT2D eigenvalue weighted by atomic mass is 10.3. The molecule has 2 aromatic heterocycles.